The molecule has 0 fully saturated rings. The number of rotatable bonds is 13. The van der Waals surface area contributed by atoms with Gasteiger partial charge in [-0.2, -0.15) is 0 Å². The SMILES string of the molecule is CC(C)CCCCCCCCCCC(c1ccccn1)c1ccccn1. The molecule has 0 spiro atoms. The van der Waals surface area contributed by atoms with Crippen molar-refractivity contribution in [1.82, 2.24) is 9.97 Å². The van der Waals surface area contributed by atoms with Crippen LogP contribution in [0.3, 0.4) is 0 Å². The molecule has 2 aromatic rings. The van der Waals surface area contributed by atoms with Crippen LogP contribution in [0.2, 0.25) is 0 Å². The van der Waals surface area contributed by atoms with Gasteiger partial charge >= 0.3 is 0 Å². The topological polar surface area (TPSA) is 25.8 Å². The summed E-state index contributed by atoms with van der Waals surface area (Å²) in [5.74, 6) is 1.19. The van der Waals surface area contributed by atoms with E-state index in [1.54, 1.807) is 0 Å². The fourth-order valence-corrected chi connectivity index (χ4v) is 3.57. The number of unbranched alkanes of at least 4 members (excludes halogenated alkanes) is 7. The molecule has 0 N–H and O–H groups in total. The van der Waals surface area contributed by atoms with E-state index in [2.05, 4.69) is 48.1 Å². The van der Waals surface area contributed by atoms with Gasteiger partial charge in [0.25, 0.3) is 0 Å². The summed E-state index contributed by atoms with van der Waals surface area (Å²) in [7, 11) is 0. The molecule has 0 radical (unpaired) electrons. The standard InChI is InChI=1S/C24H36N2/c1-21(2)15-9-7-5-3-4-6-8-10-16-22(23-17-11-13-19-25-23)24-18-12-14-20-26-24/h11-14,17-22H,3-10,15-16H2,1-2H3. The van der Waals surface area contributed by atoms with Crippen LogP contribution in [-0.4, -0.2) is 9.97 Å². The van der Waals surface area contributed by atoms with Crippen molar-refractivity contribution in [2.75, 3.05) is 0 Å². The summed E-state index contributed by atoms with van der Waals surface area (Å²) in [6, 6.07) is 12.4. The van der Waals surface area contributed by atoms with Crippen molar-refractivity contribution in [1.29, 1.82) is 0 Å². The fraction of sp³-hybridized carbons (Fsp3) is 0.583. The highest BCUT2D eigenvalue weighted by Gasteiger charge is 2.15. The molecule has 2 heterocycles. The van der Waals surface area contributed by atoms with Gasteiger partial charge < -0.3 is 0 Å². The number of aromatic nitrogens is 2. The molecule has 0 atom stereocenters. The molecule has 0 unspecified atom stereocenters. The summed E-state index contributed by atoms with van der Waals surface area (Å²) in [4.78, 5) is 9.17. The Kier molecular flexibility index (Phi) is 10.0. The van der Waals surface area contributed by atoms with Gasteiger partial charge in [-0.1, -0.05) is 83.8 Å². The highest BCUT2D eigenvalue weighted by molar-refractivity contribution is 5.22. The quantitative estimate of drug-likeness (QED) is 0.357. The van der Waals surface area contributed by atoms with E-state index in [1.165, 1.54) is 57.8 Å². The molecule has 26 heavy (non-hydrogen) atoms. The number of nitrogens with zero attached hydrogens (tertiary/aromatic N) is 2. The van der Waals surface area contributed by atoms with Gasteiger partial charge in [-0.3, -0.25) is 9.97 Å². The fourth-order valence-electron chi connectivity index (χ4n) is 3.57. The lowest BCUT2D eigenvalue weighted by atomic mass is 9.93. The lowest BCUT2D eigenvalue weighted by Crippen LogP contribution is -2.05. The highest BCUT2D eigenvalue weighted by Crippen LogP contribution is 2.27. The highest BCUT2D eigenvalue weighted by atomic mass is 14.7. The van der Waals surface area contributed by atoms with E-state index in [-0.39, 0.29) is 0 Å². The minimum absolute atomic E-state index is 0.327. The molecular weight excluding hydrogens is 316 g/mol. The summed E-state index contributed by atoms with van der Waals surface area (Å²) < 4.78 is 0. The van der Waals surface area contributed by atoms with Gasteiger partial charge in [0.1, 0.15) is 0 Å². The van der Waals surface area contributed by atoms with Crippen LogP contribution in [0.1, 0.15) is 95.4 Å². The molecule has 0 aliphatic carbocycles. The molecule has 0 saturated carbocycles. The second-order valence-corrected chi connectivity index (χ2v) is 7.86. The third kappa shape index (κ3) is 8.12. The van der Waals surface area contributed by atoms with Gasteiger partial charge in [0.2, 0.25) is 0 Å². The zero-order chi connectivity index (χ0) is 18.5. The van der Waals surface area contributed by atoms with Gasteiger partial charge in [-0.15, -0.1) is 0 Å². The minimum Gasteiger partial charge on any atom is -0.261 e. The minimum atomic E-state index is 0.327. The molecule has 0 bridgehead atoms. The number of hydrogen-bond acceptors (Lipinski definition) is 2. The largest absolute Gasteiger partial charge is 0.261 e. The second kappa shape index (κ2) is 12.6. The normalized spacial score (nSPS) is 11.4. The first-order valence-electron chi connectivity index (χ1n) is 10.6. The molecule has 0 saturated heterocycles. The molecule has 2 rings (SSSR count). The molecule has 2 heteroatoms. The van der Waals surface area contributed by atoms with Crippen LogP contribution in [-0.2, 0) is 0 Å². The lowest BCUT2D eigenvalue weighted by Gasteiger charge is -2.16. The van der Waals surface area contributed by atoms with Crippen LogP contribution in [0.25, 0.3) is 0 Å². The lowest BCUT2D eigenvalue weighted by molar-refractivity contribution is 0.503. The third-order valence-corrected chi connectivity index (χ3v) is 5.11. The van der Waals surface area contributed by atoms with Gasteiger partial charge in [-0.25, -0.2) is 0 Å². The summed E-state index contributed by atoms with van der Waals surface area (Å²) >= 11 is 0. The van der Waals surface area contributed by atoms with Crippen molar-refractivity contribution < 1.29 is 0 Å². The van der Waals surface area contributed by atoms with Crippen molar-refractivity contribution in [2.45, 2.75) is 84.0 Å². The first-order chi connectivity index (χ1) is 12.8. The van der Waals surface area contributed by atoms with E-state index < -0.39 is 0 Å². The molecule has 0 aliphatic heterocycles. The van der Waals surface area contributed by atoms with Crippen LogP contribution in [0.15, 0.2) is 48.8 Å². The number of hydrogen-bond donors (Lipinski definition) is 0. The Hall–Kier alpha value is -1.70. The van der Waals surface area contributed by atoms with Crippen LogP contribution in [0, 0.1) is 5.92 Å². The molecule has 0 aliphatic rings. The van der Waals surface area contributed by atoms with Crippen molar-refractivity contribution in [3.05, 3.63) is 60.2 Å². The van der Waals surface area contributed by atoms with Gasteiger partial charge in [0, 0.05) is 29.7 Å². The zero-order valence-electron chi connectivity index (χ0n) is 16.7. The maximum Gasteiger partial charge on any atom is 0.0494 e. The van der Waals surface area contributed by atoms with Crippen LogP contribution in [0.4, 0.5) is 0 Å². The van der Waals surface area contributed by atoms with Gasteiger partial charge in [0.15, 0.2) is 0 Å². The molecule has 2 aromatic heterocycles. The van der Waals surface area contributed by atoms with E-state index in [9.17, 15) is 0 Å². The predicted octanol–water partition coefficient (Wildman–Crippen LogP) is 7.17. The average Bonchev–Trinajstić information content (AvgIpc) is 2.67. The van der Waals surface area contributed by atoms with Crippen molar-refractivity contribution in [3.63, 3.8) is 0 Å². The predicted molar refractivity (Wildman–Crippen MR) is 111 cm³/mol. The average molecular weight is 353 g/mol. The molecule has 0 aromatic carbocycles. The Morgan fingerprint density at radius 2 is 1.08 bits per heavy atom. The monoisotopic (exact) mass is 352 g/mol. The van der Waals surface area contributed by atoms with Gasteiger partial charge in [0.05, 0.1) is 0 Å². The van der Waals surface area contributed by atoms with Crippen molar-refractivity contribution >= 4 is 0 Å². The second-order valence-electron chi connectivity index (χ2n) is 7.86. The van der Waals surface area contributed by atoms with Crippen LogP contribution >= 0.6 is 0 Å². The zero-order valence-corrected chi connectivity index (χ0v) is 16.7. The third-order valence-electron chi connectivity index (χ3n) is 5.11. The molecule has 0 amide bonds. The molecule has 2 nitrogen and oxygen atoms in total. The van der Waals surface area contributed by atoms with Crippen LogP contribution in [0.5, 0.6) is 0 Å². The molecule has 142 valence electrons. The first kappa shape index (κ1) is 20.6. The Labute approximate surface area is 160 Å². The smallest absolute Gasteiger partial charge is 0.0494 e. The van der Waals surface area contributed by atoms with Gasteiger partial charge in [-0.05, 0) is 36.6 Å². The number of pyridine rings is 2. The maximum atomic E-state index is 4.58. The van der Waals surface area contributed by atoms with E-state index >= 15 is 0 Å². The van der Waals surface area contributed by atoms with Crippen molar-refractivity contribution in [2.24, 2.45) is 5.92 Å². The Morgan fingerprint density at radius 1 is 0.615 bits per heavy atom. The van der Waals surface area contributed by atoms with E-state index in [0.717, 1.165) is 23.7 Å². The summed E-state index contributed by atoms with van der Waals surface area (Å²) in [6.45, 7) is 4.65. The summed E-state index contributed by atoms with van der Waals surface area (Å²) in [5.41, 5.74) is 2.30. The Bertz CT molecular complexity index is 526. The Balaban J connectivity index is 1.65. The van der Waals surface area contributed by atoms with E-state index in [4.69, 9.17) is 0 Å². The van der Waals surface area contributed by atoms with Crippen LogP contribution < -0.4 is 0 Å². The maximum absolute atomic E-state index is 4.58. The molecular formula is C24H36N2. The van der Waals surface area contributed by atoms with Crippen molar-refractivity contribution in [3.8, 4) is 0 Å². The summed E-state index contributed by atoms with van der Waals surface area (Å²) in [6.07, 6.45) is 17.3. The summed E-state index contributed by atoms with van der Waals surface area (Å²) in [5, 5.41) is 0. The Morgan fingerprint density at radius 3 is 1.50 bits per heavy atom. The first-order valence-corrected chi connectivity index (χ1v) is 10.6. The van der Waals surface area contributed by atoms with E-state index in [1.807, 2.05) is 24.5 Å². The van der Waals surface area contributed by atoms with E-state index in [0.29, 0.717) is 5.92 Å².